The van der Waals surface area contributed by atoms with Crippen LogP contribution in [0.25, 0.3) is 10.8 Å². The first-order valence-electron chi connectivity index (χ1n) is 5.23. The number of aromatic nitrogens is 1. The third kappa shape index (κ3) is 2.48. The number of benzene rings is 1. The molecule has 1 atom stereocenters. The van der Waals surface area contributed by atoms with Crippen molar-refractivity contribution in [1.82, 2.24) is 4.98 Å². The molecule has 2 heteroatoms. The minimum atomic E-state index is 0.233. The fraction of sp³-hybridized carbons (Fsp3) is 0.308. The molecule has 0 saturated heterocycles. The van der Waals surface area contributed by atoms with Gasteiger partial charge < -0.3 is 0 Å². The van der Waals surface area contributed by atoms with Gasteiger partial charge in [0.15, 0.2) is 0 Å². The molecule has 1 aromatic heterocycles. The van der Waals surface area contributed by atoms with Crippen molar-refractivity contribution in [3.8, 4) is 0 Å². The van der Waals surface area contributed by atoms with Crippen LogP contribution < -0.4 is 0 Å². The monoisotopic (exact) mass is 219 g/mol. The van der Waals surface area contributed by atoms with Crippen LogP contribution in [0.3, 0.4) is 0 Å². The topological polar surface area (TPSA) is 12.9 Å². The first-order chi connectivity index (χ1) is 7.27. The molecule has 1 nitrogen and oxygen atoms in total. The van der Waals surface area contributed by atoms with Gasteiger partial charge in [0.25, 0.3) is 0 Å². The molecule has 0 N–H and O–H groups in total. The molecule has 0 aliphatic heterocycles. The Balaban J connectivity index is 2.34. The van der Waals surface area contributed by atoms with Crippen molar-refractivity contribution < 1.29 is 0 Å². The SMILES string of the molecule is CC(Cl)CCc1cccc2ccncc12. The van der Waals surface area contributed by atoms with Gasteiger partial charge in [-0.3, -0.25) is 4.98 Å². The predicted molar refractivity (Wildman–Crippen MR) is 65.4 cm³/mol. The molecule has 0 fully saturated rings. The Bertz CT molecular complexity index is 446. The molecule has 0 radical (unpaired) electrons. The molecule has 2 rings (SSSR count). The largest absolute Gasteiger partial charge is 0.264 e. The van der Waals surface area contributed by atoms with E-state index in [2.05, 4.69) is 23.2 Å². The molecule has 1 unspecified atom stereocenters. The predicted octanol–water partition coefficient (Wildman–Crippen LogP) is 3.79. The van der Waals surface area contributed by atoms with Crippen LogP contribution in [0.2, 0.25) is 0 Å². The molecule has 15 heavy (non-hydrogen) atoms. The Morgan fingerprint density at radius 1 is 1.33 bits per heavy atom. The van der Waals surface area contributed by atoms with Crippen molar-refractivity contribution in [2.75, 3.05) is 0 Å². The minimum absolute atomic E-state index is 0.233. The number of halogens is 1. The van der Waals surface area contributed by atoms with Crippen molar-refractivity contribution in [3.63, 3.8) is 0 Å². The zero-order chi connectivity index (χ0) is 10.7. The molecule has 0 saturated carbocycles. The molecule has 0 bridgehead atoms. The van der Waals surface area contributed by atoms with Gasteiger partial charge in [-0.2, -0.15) is 0 Å². The maximum atomic E-state index is 5.96. The molecule has 78 valence electrons. The van der Waals surface area contributed by atoms with Crippen molar-refractivity contribution in [3.05, 3.63) is 42.2 Å². The van der Waals surface area contributed by atoms with Crippen molar-refractivity contribution in [2.24, 2.45) is 0 Å². The number of fused-ring (bicyclic) bond motifs is 1. The first-order valence-corrected chi connectivity index (χ1v) is 5.66. The van der Waals surface area contributed by atoms with Crippen LogP contribution in [0, 0.1) is 0 Å². The van der Waals surface area contributed by atoms with Crippen molar-refractivity contribution >= 4 is 22.4 Å². The maximum Gasteiger partial charge on any atom is 0.0349 e. The highest BCUT2D eigenvalue weighted by atomic mass is 35.5. The quantitative estimate of drug-likeness (QED) is 0.716. The number of aryl methyl sites for hydroxylation is 1. The highest BCUT2D eigenvalue weighted by Crippen LogP contribution is 2.19. The summed E-state index contributed by atoms with van der Waals surface area (Å²) in [6.07, 6.45) is 5.79. The molecule has 0 spiro atoms. The number of rotatable bonds is 3. The fourth-order valence-corrected chi connectivity index (χ4v) is 1.86. The lowest BCUT2D eigenvalue weighted by atomic mass is 10.0. The minimum Gasteiger partial charge on any atom is -0.264 e. The fourth-order valence-electron chi connectivity index (χ4n) is 1.75. The molecule has 1 aromatic carbocycles. The van der Waals surface area contributed by atoms with Crippen molar-refractivity contribution in [2.45, 2.75) is 25.1 Å². The van der Waals surface area contributed by atoms with E-state index >= 15 is 0 Å². The van der Waals surface area contributed by atoms with E-state index < -0.39 is 0 Å². The van der Waals surface area contributed by atoms with Gasteiger partial charge >= 0.3 is 0 Å². The zero-order valence-electron chi connectivity index (χ0n) is 8.78. The average molecular weight is 220 g/mol. The van der Waals surface area contributed by atoms with Crippen LogP contribution in [0.15, 0.2) is 36.7 Å². The van der Waals surface area contributed by atoms with Gasteiger partial charge in [0, 0.05) is 23.2 Å². The van der Waals surface area contributed by atoms with E-state index in [1.807, 2.05) is 25.4 Å². The lowest BCUT2D eigenvalue weighted by Gasteiger charge is -2.06. The second-order valence-corrected chi connectivity index (χ2v) is 4.58. The van der Waals surface area contributed by atoms with Gasteiger partial charge in [-0.15, -0.1) is 11.6 Å². The number of alkyl halides is 1. The maximum absolute atomic E-state index is 5.96. The van der Waals surface area contributed by atoms with E-state index in [1.54, 1.807) is 0 Å². The summed E-state index contributed by atoms with van der Waals surface area (Å²) in [5.41, 5.74) is 1.34. The molecule has 2 aromatic rings. The second-order valence-electron chi connectivity index (χ2n) is 3.83. The summed E-state index contributed by atoms with van der Waals surface area (Å²) in [6, 6.07) is 8.41. The summed E-state index contributed by atoms with van der Waals surface area (Å²) in [7, 11) is 0. The van der Waals surface area contributed by atoms with Gasteiger partial charge in [0.05, 0.1) is 0 Å². The van der Waals surface area contributed by atoms with Gasteiger partial charge in [-0.25, -0.2) is 0 Å². The lowest BCUT2D eigenvalue weighted by Crippen LogP contribution is -1.95. The summed E-state index contributed by atoms with van der Waals surface area (Å²) < 4.78 is 0. The Kier molecular flexibility index (Phi) is 3.22. The summed E-state index contributed by atoms with van der Waals surface area (Å²) in [6.45, 7) is 2.03. The van der Waals surface area contributed by atoms with Gasteiger partial charge in [0.1, 0.15) is 0 Å². The van der Waals surface area contributed by atoms with Gasteiger partial charge in [-0.05, 0) is 36.8 Å². The van der Waals surface area contributed by atoms with E-state index in [4.69, 9.17) is 11.6 Å². The van der Waals surface area contributed by atoms with E-state index in [1.165, 1.54) is 16.3 Å². The van der Waals surface area contributed by atoms with Gasteiger partial charge in [-0.1, -0.05) is 18.2 Å². The van der Waals surface area contributed by atoms with Crippen molar-refractivity contribution in [1.29, 1.82) is 0 Å². The van der Waals surface area contributed by atoms with Crippen LogP contribution in [0.1, 0.15) is 18.9 Å². The third-order valence-electron chi connectivity index (χ3n) is 2.59. The Morgan fingerprint density at radius 2 is 2.20 bits per heavy atom. The third-order valence-corrected chi connectivity index (χ3v) is 2.80. The zero-order valence-corrected chi connectivity index (χ0v) is 9.54. The Hall–Kier alpha value is -1.08. The smallest absolute Gasteiger partial charge is 0.0349 e. The Morgan fingerprint density at radius 3 is 3.00 bits per heavy atom. The van der Waals surface area contributed by atoms with Crippen LogP contribution >= 0.6 is 11.6 Å². The first kappa shape index (κ1) is 10.4. The molecular formula is C13H14ClN. The van der Waals surface area contributed by atoms with E-state index in [0.29, 0.717) is 0 Å². The second kappa shape index (κ2) is 4.63. The lowest BCUT2D eigenvalue weighted by molar-refractivity contribution is 0.807. The number of pyridine rings is 1. The van der Waals surface area contributed by atoms with E-state index in [-0.39, 0.29) is 5.38 Å². The Labute approximate surface area is 95.1 Å². The normalized spacial score (nSPS) is 12.9. The molecular weight excluding hydrogens is 206 g/mol. The highest BCUT2D eigenvalue weighted by molar-refractivity contribution is 6.20. The summed E-state index contributed by atoms with van der Waals surface area (Å²) in [5.74, 6) is 0. The summed E-state index contributed by atoms with van der Waals surface area (Å²) in [5, 5.41) is 2.74. The van der Waals surface area contributed by atoms with E-state index in [9.17, 15) is 0 Å². The number of hydrogen-bond acceptors (Lipinski definition) is 1. The number of nitrogens with zero attached hydrogens (tertiary/aromatic N) is 1. The highest BCUT2D eigenvalue weighted by Gasteiger charge is 2.02. The number of hydrogen-bond donors (Lipinski definition) is 0. The van der Waals surface area contributed by atoms with Gasteiger partial charge in [0.2, 0.25) is 0 Å². The van der Waals surface area contributed by atoms with E-state index in [0.717, 1.165) is 12.8 Å². The summed E-state index contributed by atoms with van der Waals surface area (Å²) in [4.78, 5) is 4.17. The van der Waals surface area contributed by atoms with Crippen LogP contribution in [-0.2, 0) is 6.42 Å². The van der Waals surface area contributed by atoms with Crippen LogP contribution in [-0.4, -0.2) is 10.4 Å². The van der Waals surface area contributed by atoms with Crippen LogP contribution in [0.5, 0.6) is 0 Å². The standard InChI is InChI=1S/C13H14ClN/c1-10(14)5-6-11-3-2-4-12-7-8-15-9-13(11)12/h2-4,7-10H,5-6H2,1H3. The molecule has 0 aliphatic rings. The molecule has 1 heterocycles. The average Bonchev–Trinajstić information content (AvgIpc) is 2.26. The molecule has 0 aliphatic carbocycles. The van der Waals surface area contributed by atoms with Crippen LogP contribution in [0.4, 0.5) is 0 Å². The molecule has 0 amide bonds. The summed E-state index contributed by atoms with van der Waals surface area (Å²) >= 11 is 5.96.